The molecule has 2 fully saturated rings. The fourth-order valence-corrected chi connectivity index (χ4v) is 6.30. The molecule has 0 spiro atoms. The number of nitrogens with one attached hydrogen (secondary N) is 2. The Hall–Kier alpha value is -2.87. The van der Waals surface area contributed by atoms with Crippen molar-refractivity contribution < 1.29 is 13.2 Å². The average molecular weight is 467 g/mol. The summed E-state index contributed by atoms with van der Waals surface area (Å²) in [5.74, 6) is 0.195. The van der Waals surface area contributed by atoms with E-state index >= 15 is 0 Å². The van der Waals surface area contributed by atoms with Gasteiger partial charge in [-0.25, -0.2) is 0 Å². The van der Waals surface area contributed by atoms with Crippen molar-refractivity contribution in [1.82, 2.24) is 4.90 Å². The molecule has 1 atom stereocenters. The number of benzene rings is 2. The van der Waals surface area contributed by atoms with E-state index in [1.54, 1.807) is 18.2 Å². The summed E-state index contributed by atoms with van der Waals surface area (Å²) in [6, 6.07) is 15.3. The molecule has 2 aromatic carbocycles. The van der Waals surface area contributed by atoms with Gasteiger partial charge in [0, 0.05) is 36.1 Å². The number of carbonyl (C=O) groups is 1. The quantitative estimate of drug-likeness (QED) is 0.704. The van der Waals surface area contributed by atoms with Crippen LogP contribution in [0.1, 0.15) is 50.5 Å². The molecule has 1 saturated carbocycles. The molecule has 2 N–H and O–H groups in total. The highest BCUT2D eigenvalue weighted by Crippen LogP contribution is 2.30. The minimum absolute atomic E-state index is 0.0394. The van der Waals surface area contributed by atoms with Crippen molar-refractivity contribution in [3.05, 3.63) is 54.1 Å². The number of amidine groups is 1. The van der Waals surface area contributed by atoms with Gasteiger partial charge in [-0.1, -0.05) is 31.4 Å². The second kappa shape index (κ2) is 9.17. The van der Waals surface area contributed by atoms with Crippen LogP contribution in [0.4, 0.5) is 11.4 Å². The summed E-state index contributed by atoms with van der Waals surface area (Å²) in [5.41, 5.74) is 2.49. The molecule has 174 valence electrons. The van der Waals surface area contributed by atoms with Crippen molar-refractivity contribution in [2.75, 3.05) is 23.7 Å². The first-order valence-electron chi connectivity index (χ1n) is 11.9. The maximum absolute atomic E-state index is 13.0. The number of amides is 1. The van der Waals surface area contributed by atoms with Gasteiger partial charge >= 0.3 is 0 Å². The van der Waals surface area contributed by atoms with Crippen molar-refractivity contribution in [1.29, 1.82) is 0 Å². The Morgan fingerprint density at radius 3 is 2.42 bits per heavy atom. The highest BCUT2D eigenvalue weighted by molar-refractivity contribution is 7.90. The zero-order chi connectivity index (χ0) is 22.8. The summed E-state index contributed by atoms with van der Waals surface area (Å²) in [7, 11) is -3.67. The number of hydrogen-bond donors (Lipinski definition) is 2. The van der Waals surface area contributed by atoms with Gasteiger partial charge in [-0.2, -0.15) is 8.42 Å². The van der Waals surface area contributed by atoms with Gasteiger partial charge in [0.1, 0.15) is 4.90 Å². The first kappa shape index (κ1) is 21.9. The third-order valence-electron chi connectivity index (χ3n) is 6.83. The third-order valence-corrected chi connectivity index (χ3v) is 8.16. The normalized spacial score (nSPS) is 22.4. The first-order chi connectivity index (χ1) is 16.0. The zero-order valence-corrected chi connectivity index (χ0v) is 19.5. The summed E-state index contributed by atoms with van der Waals surface area (Å²) in [4.78, 5) is 15.2. The molecular weight excluding hydrogens is 436 g/mol. The van der Waals surface area contributed by atoms with Gasteiger partial charge < -0.3 is 15.5 Å². The van der Waals surface area contributed by atoms with Gasteiger partial charge in [0.15, 0.2) is 5.84 Å². The number of hydrogen-bond acceptors (Lipinski definition) is 5. The number of piperidine rings is 1. The van der Waals surface area contributed by atoms with E-state index < -0.39 is 10.0 Å². The number of rotatable bonds is 4. The minimum atomic E-state index is -3.67. The Bertz CT molecular complexity index is 1150. The lowest BCUT2D eigenvalue weighted by atomic mass is 9.95. The van der Waals surface area contributed by atoms with Crippen molar-refractivity contribution >= 4 is 33.1 Å². The summed E-state index contributed by atoms with van der Waals surface area (Å²) >= 11 is 0. The van der Waals surface area contributed by atoms with Crippen molar-refractivity contribution in [3.63, 3.8) is 0 Å². The molecule has 0 aromatic heterocycles. The van der Waals surface area contributed by atoms with Crippen LogP contribution in [0.25, 0.3) is 0 Å². The molecule has 7 nitrogen and oxygen atoms in total. The van der Waals surface area contributed by atoms with E-state index in [0.29, 0.717) is 30.5 Å². The second-order valence-corrected chi connectivity index (χ2v) is 10.8. The van der Waals surface area contributed by atoms with E-state index in [4.69, 9.17) is 0 Å². The van der Waals surface area contributed by atoms with Gasteiger partial charge in [-0.15, -0.1) is 4.40 Å². The Morgan fingerprint density at radius 1 is 0.909 bits per heavy atom. The smallest absolute Gasteiger partial charge is 0.285 e. The van der Waals surface area contributed by atoms with E-state index in [1.807, 2.05) is 35.2 Å². The summed E-state index contributed by atoms with van der Waals surface area (Å²) < 4.78 is 28.9. The number of fused-ring (bicyclic) bond motifs is 1. The largest absolute Gasteiger partial charge is 0.382 e. The van der Waals surface area contributed by atoms with E-state index in [1.165, 1.54) is 32.1 Å². The molecule has 1 saturated heterocycles. The highest BCUT2D eigenvalue weighted by Gasteiger charge is 2.35. The molecule has 1 aliphatic carbocycles. The number of sulfonamides is 1. The van der Waals surface area contributed by atoms with Gasteiger partial charge in [0.05, 0.1) is 5.92 Å². The van der Waals surface area contributed by atoms with Gasteiger partial charge in [0.2, 0.25) is 5.91 Å². The molecule has 0 bridgehead atoms. The monoisotopic (exact) mass is 466 g/mol. The van der Waals surface area contributed by atoms with E-state index in [9.17, 15) is 13.2 Å². The predicted molar refractivity (Wildman–Crippen MR) is 130 cm³/mol. The predicted octanol–water partition coefficient (Wildman–Crippen LogP) is 4.23. The lowest BCUT2D eigenvalue weighted by molar-refractivity contribution is -0.121. The van der Waals surface area contributed by atoms with Crippen LogP contribution in [0.3, 0.4) is 0 Å². The molecule has 3 aliphatic rings. The lowest BCUT2D eigenvalue weighted by Crippen LogP contribution is -2.43. The number of anilines is 2. The van der Waals surface area contributed by atoms with Crippen molar-refractivity contribution in [3.8, 4) is 0 Å². The maximum Gasteiger partial charge on any atom is 0.285 e. The van der Waals surface area contributed by atoms with Crippen LogP contribution in [0, 0.1) is 5.92 Å². The Balaban J connectivity index is 1.22. The topological polar surface area (TPSA) is 90.9 Å². The van der Waals surface area contributed by atoms with Crippen molar-refractivity contribution in [2.45, 2.75) is 55.9 Å². The molecule has 5 rings (SSSR count). The Morgan fingerprint density at radius 2 is 1.64 bits per heavy atom. The summed E-state index contributed by atoms with van der Waals surface area (Å²) in [6.07, 6.45) is 7.91. The molecule has 2 aromatic rings. The molecule has 0 radical (unpaired) electrons. The van der Waals surface area contributed by atoms with Crippen LogP contribution in [-0.4, -0.2) is 44.2 Å². The third kappa shape index (κ3) is 4.76. The first-order valence-corrected chi connectivity index (χ1v) is 13.3. The number of nitrogens with zero attached hydrogens (tertiary/aromatic N) is 2. The Kier molecular flexibility index (Phi) is 6.10. The summed E-state index contributed by atoms with van der Waals surface area (Å²) in [6.45, 7) is 1.14. The average Bonchev–Trinajstić information content (AvgIpc) is 3.12. The number of carbonyl (C=O) groups excluding carboxylic acids is 1. The fourth-order valence-electron chi connectivity index (χ4n) is 5.08. The van der Waals surface area contributed by atoms with E-state index in [2.05, 4.69) is 15.0 Å². The molecule has 1 unspecified atom stereocenters. The lowest BCUT2D eigenvalue weighted by Gasteiger charge is -2.33. The minimum Gasteiger partial charge on any atom is -0.382 e. The standard InChI is InChI=1S/C25H30N4O3S/c30-25(27-21-14-12-20(13-15-21)26-19-8-2-1-3-9-19)18-7-6-16-29(17-18)24-22-10-4-5-11-23(22)33(31,32)28-24/h4-5,10-15,18-19,26H,1-3,6-9,16-17H2,(H,27,30). The van der Waals surface area contributed by atoms with E-state index in [-0.39, 0.29) is 16.7 Å². The van der Waals surface area contributed by atoms with Crippen LogP contribution < -0.4 is 10.6 Å². The van der Waals surface area contributed by atoms with Gasteiger partial charge in [-0.3, -0.25) is 4.79 Å². The summed E-state index contributed by atoms with van der Waals surface area (Å²) in [5, 5.41) is 6.63. The van der Waals surface area contributed by atoms with Gasteiger partial charge in [0.25, 0.3) is 10.0 Å². The van der Waals surface area contributed by atoms with E-state index in [0.717, 1.165) is 24.2 Å². The molecule has 1 amide bonds. The van der Waals surface area contributed by atoms with Gasteiger partial charge in [-0.05, 0) is 62.1 Å². The molecular formula is C25H30N4O3S. The SMILES string of the molecule is O=C(Nc1ccc(NC2CCCCC2)cc1)C1CCCN(C2=NS(=O)(=O)c3ccccc32)C1. The highest BCUT2D eigenvalue weighted by atomic mass is 32.2. The zero-order valence-electron chi connectivity index (χ0n) is 18.7. The Labute approximate surface area is 195 Å². The van der Waals surface area contributed by atoms with Crippen LogP contribution >= 0.6 is 0 Å². The van der Waals surface area contributed by atoms with Crippen LogP contribution in [0.15, 0.2) is 57.8 Å². The molecule has 8 heteroatoms. The number of likely N-dealkylation sites (tertiary alicyclic amines) is 1. The second-order valence-electron chi connectivity index (χ2n) is 9.22. The maximum atomic E-state index is 13.0. The molecule has 2 heterocycles. The molecule has 33 heavy (non-hydrogen) atoms. The molecule has 2 aliphatic heterocycles. The fraction of sp³-hybridized carbons (Fsp3) is 0.440. The van der Waals surface area contributed by atoms with Crippen LogP contribution in [-0.2, 0) is 14.8 Å². The van der Waals surface area contributed by atoms with Crippen LogP contribution in [0.2, 0.25) is 0 Å². The van der Waals surface area contributed by atoms with Crippen LogP contribution in [0.5, 0.6) is 0 Å². The van der Waals surface area contributed by atoms with Crippen molar-refractivity contribution in [2.24, 2.45) is 10.3 Å².